The van der Waals surface area contributed by atoms with E-state index in [9.17, 15) is 14.0 Å². The first-order chi connectivity index (χ1) is 13.9. The second-order valence-electron chi connectivity index (χ2n) is 6.95. The predicted molar refractivity (Wildman–Crippen MR) is 102 cm³/mol. The Morgan fingerprint density at radius 3 is 2.86 bits per heavy atom. The number of carbonyl (C=O) groups is 2. The van der Waals surface area contributed by atoms with Crippen LogP contribution in [0.3, 0.4) is 0 Å². The van der Waals surface area contributed by atoms with Gasteiger partial charge in [-0.25, -0.2) is 14.1 Å². The van der Waals surface area contributed by atoms with E-state index >= 15 is 0 Å². The molecule has 0 aliphatic carbocycles. The zero-order valence-corrected chi connectivity index (χ0v) is 16.0. The Balaban J connectivity index is 1.44. The van der Waals surface area contributed by atoms with E-state index < -0.39 is 11.9 Å². The zero-order chi connectivity index (χ0) is 20.5. The summed E-state index contributed by atoms with van der Waals surface area (Å²) < 4.78 is 16.8. The largest absolute Gasteiger partial charge is 0.337 e. The van der Waals surface area contributed by atoms with E-state index in [1.807, 2.05) is 0 Å². The number of benzene rings is 1. The number of carbonyl (C=O) groups excluding carboxylic acids is 2. The average Bonchev–Trinajstić information content (AvgIpc) is 3.30. The third kappa shape index (κ3) is 3.73. The number of likely N-dealkylation sites (N-methyl/N-ethyl adjacent to an activating group) is 1. The van der Waals surface area contributed by atoms with Crippen molar-refractivity contribution in [3.63, 3.8) is 0 Å². The third-order valence-electron chi connectivity index (χ3n) is 4.88. The summed E-state index contributed by atoms with van der Waals surface area (Å²) in [7, 11) is 3.46. The van der Waals surface area contributed by atoms with Crippen molar-refractivity contribution in [1.29, 1.82) is 0 Å². The van der Waals surface area contributed by atoms with Crippen molar-refractivity contribution in [1.82, 2.24) is 29.9 Å². The van der Waals surface area contributed by atoms with Crippen molar-refractivity contribution in [2.24, 2.45) is 7.05 Å². The highest BCUT2D eigenvalue weighted by Crippen LogP contribution is 2.24. The monoisotopic (exact) mass is 397 g/mol. The summed E-state index contributed by atoms with van der Waals surface area (Å²) in [5.74, 6) is -1.20. The van der Waals surface area contributed by atoms with Crippen LogP contribution in [0.5, 0.6) is 0 Å². The van der Waals surface area contributed by atoms with E-state index in [1.165, 1.54) is 22.0 Å². The maximum absolute atomic E-state index is 13.8. The lowest BCUT2D eigenvalue weighted by Crippen LogP contribution is -2.47. The molecule has 0 radical (unpaired) electrons. The molecule has 1 aliphatic rings. The van der Waals surface area contributed by atoms with Gasteiger partial charge in [0.05, 0.1) is 17.9 Å². The SMILES string of the molecule is CN1C(=O)[C@@H](NC(=O)c2ncn(Cc3ccccc3F)n2)CCc2nn(C)cc21. The molecular formula is C19H20FN7O2. The summed E-state index contributed by atoms with van der Waals surface area (Å²) in [6, 6.07) is 5.63. The van der Waals surface area contributed by atoms with Gasteiger partial charge in [0.1, 0.15) is 18.2 Å². The van der Waals surface area contributed by atoms with Crippen LogP contribution in [-0.4, -0.2) is 49.4 Å². The number of nitrogens with zero attached hydrogens (tertiary/aromatic N) is 6. The second-order valence-corrected chi connectivity index (χ2v) is 6.95. The van der Waals surface area contributed by atoms with Gasteiger partial charge in [0.2, 0.25) is 11.7 Å². The van der Waals surface area contributed by atoms with Crippen molar-refractivity contribution in [2.75, 3.05) is 11.9 Å². The Hall–Kier alpha value is -3.56. The molecule has 0 saturated heterocycles. The Bertz CT molecular complexity index is 1070. The average molecular weight is 397 g/mol. The molecule has 3 heterocycles. The molecule has 0 unspecified atom stereocenters. The second kappa shape index (κ2) is 7.46. The first-order valence-electron chi connectivity index (χ1n) is 9.16. The minimum absolute atomic E-state index is 0.0717. The van der Waals surface area contributed by atoms with Gasteiger partial charge in [0.25, 0.3) is 5.91 Å². The third-order valence-corrected chi connectivity index (χ3v) is 4.88. The molecule has 1 atom stereocenters. The topological polar surface area (TPSA) is 97.9 Å². The summed E-state index contributed by atoms with van der Waals surface area (Å²) >= 11 is 0. The van der Waals surface area contributed by atoms with Crippen LogP contribution in [0.4, 0.5) is 10.1 Å². The molecule has 150 valence electrons. The molecule has 0 bridgehead atoms. The van der Waals surface area contributed by atoms with Gasteiger partial charge in [0, 0.05) is 25.9 Å². The standard InChI is InChI=1S/C19H20FN7O2/c1-25-10-16-14(23-25)7-8-15(19(29)26(16)2)22-18(28)17-21-11-27(24-17)9-12-5-3-4-6-13(12)20/h3-6,10-11,15H,7-9H2,1-2H3,(H,22,28)/t15-/m0/s1. The van der Waals surface area contributed by atoms with Crippen molar-refractivity contribution < 1.29 is 14.0 Å². The highest BCUT2D eigenvalue weighted by molar-refractivity contribution is 6.01. The highest BCUT2D eigenvalue weighted by Gasteiger charge is 2.31. The van der Waals surface area contributed by atoms with E-state index in [2.05, 4.69) is 20.5 Å². The minimum atomic E-state index is -0.703. The van der Waals surface area contributed by atoms with Crippen LogP contribution in [0.1, 0.15) is 28.3 Å². The van der Waals surface area contributed by atoms with Crippen LogP contribution in [-0.2, 0) is 24.8 Å². The van der Waals surface area contributed by atoms with Crippen LogP contribution in [0.15, 0.2) is 36.8 Å². The maximum Gasteiger partial charge on any atom is 0.291 e. The van der Waals surface area contributed by atoms with Crippen LogP contribution < -0.4 is 10.2 Å². The number of aromatic nitrogens is 5. The number of fused-ring (bicyclic) bond motifs is 1. The molecule has 9 nitrogen and oxygen atoms in total. The molecule has 0 spiro atoms. The summed E-state index contributed by atoms with van der Waals surface area (Å²) in [6.45, 7) is 0.152. The number of amides is 2. The fraction of sp³-hybridized carbons (Fsp3) is 0.316. The van der Waals surface area contributed by atoms with Gasteiger partial charge < -0.3 is 10.2 Å². The molecule has 29 heavy (non-hydrogen) atoms. The molecule has 1 N–H and O–H groups in total. The molecule has 4 rings (SSSR count). The number of hydrogen-bond acceptors (Lipinski definition) is 5. The van der Waals surface area contributed by atoms with Crippen molar-refractivity contribution in [2.45, 2.75) is 25.4 Å². The summed E-state index contributed by atoms with van der Waals surface area (Å²) in [4.78, 5) is 30.8. The normalized spacial score (nSPS) is 16.4. The number of halogens is 1. The van der Waals surface area contributed by atoms with Gasteiger partial charge in [-0.2, -0.15) is 5.10 Å². The molecule has 10 heteroatoms. The van der Waals surface area contributed by atoms with Crippen LogP contribution in [0, 0.1) is 5.82 Å². The maximum atomic E-state index is 13.8. The number of hydrogen-bond donors (Lipinski definition) is 1. The van der Waals surface area contributed by atoms with Gasteiger partial charge in [-0.15, -0.1) is 5.10 Å². The van der Waals surface area contributed by atoms with E-state index in [0.29, 0.717) is 18.4 Å². The Kier molecular flexibility index (Phi) is 4.83. The van der Waals surface area contributed by atoms with E-state index in [-0.39, 0.29) is 24.1 Å². The first kappa shape index (κ1) is 18.8. The molecule has 3 aromatic rings. The van der Waals surface area contributed by atoms with E-state index in [0.717, 1.165) is 11.4 Å². The lowest BCUT2D eigenvalue weighted by Gasteiger charge is -2.20. The Labute approximate surface area is 166 Å². The van der Waals surface area contributed by atoms with Gasteiger partial charge in [-0.1, -0.05) is 18.2 Å². The van der Waals surface area contributed by atoms with Gasteiger partial charge in [-0.3, -0.25) is 14.3 Å². The number of rotatable bonds is 4. The molecule has 0 fully saturated rings. The molecule has 2 aromatic heterocycles. The van der Waals surface area contributed by atoms with Crippen LogP contribution in [0.2, 0.25) is 0 Å². The molecule has 1 aliphatic heterocycles. The first-order valence-corrected chi connectivity index (χ1v) is 9.16. The van der Waals surface area contributed by atoms with Crippen LogP contribution in [0.25, 0.3) is 0 Å². The Morgan fingerprint density at radius 2 is 2.07 bits per heavy atom. The number of nitrogens with one attached hydrogen (secondary N) is 1. The lowest BCUT2D eigenvalue weighted by molar-refractivity contribution is -0.120. The molecule has 1 aromatic carbocycles. The number of anilines is 1. The quantitative estimate of drug-likeness (QED) is 0.706. The van der Waals surface area contributed by atoms with Crippen molar-refractivity contribution in [3.8, 4) is 0 Å². The fourth-order valence-electron chi connectivity index (χ4n) is 3.37. The van der Waals surface area contributed by atoms with Crippen molar-refractivity contribution >= 4 is 17.5 Å². The predicted octanol–water partition coefficient (Wildman–Crippen LogP) is 0.907. The van der Waals surface area contributed by atoms with Gasteiger partial charge in [0.15, 0.2) is 0 Å². The molecular weight excluding hydrogens is 377 g/mol. The van der Waals surface area contributed by atoms with Crippen molar-refractivity contribution in [3.05, 3.63) is 59.7 Å². The fourth-order valence-corrected chi connectivity index (χ4v) is 3.37. The van der Waals surface area contributed by atoms with Crippen LogP contribution >= 0.6 is 0 Å². The van der Waals surface area contributed by atoms with Gasteiger partial charge in [-0.05, 0) is 18.9 Å². The van der Waals surface area contributed by atoms with E-state index in [4.69, 9.17) is 0 Å². The minimum Gasteiger partial charge on any atom is -0.337 e. The highest BCUT2D eigenvalue weighted by atomic mass is 19.1. The summed E-state index contributed by atoms with van der Waals surface area (Å²) in [5.41, 5.74) is 1.99. The summed E-state index contributed by atoms with van der Waals surface area (Å²) in [6.07, 6.45) is 4.13. The summed E-state index contributed by atoms with van der Waals surface area (Å²) in [5, 5.41) is 11.2. The smallest absolute Gasteiger partial charge is 0.291 e. The number of aryl methyl sites for hydroxylation is 2. The Morgan fingerprint density at radius 1 is 1.28 bits per heavy atom. The molecule has 2 amide bonds. The van der Waals surface area contributed by atoms with E-state index in [1.54, 1.807) is 43.2 Å². The zero-order valence-electron chi connectivity index (χ0n) is 16.0. The molecule has 0 saturated carbocycles. The lowest BCUT2D eigenvalue weighted by atomic mass is 10.1. The van der Waals surface area contributed by atoms with Gasteiger partial charge >= 0.3 is 0 Å².